The molecule has 4 rings (SSSR count). The lowest BCUT2D eigenvalue weighted by Crippen LogP contribution is -2.54. The van der Waals surface area contributed by atoms with Gasteiger partial charge in [-0.1, -0.05) is 34.1 Å². The molecule has 6 nitrogen and oxygen atoms in total. The number of likely N-dealkylation sites (N-methyl/N-ethyl adjacent to an activating group) is 1. The number of nitrogens with one attached hydrogen (secondary N) is 1. The highest BCUT2D eigenvalue weighted by Crippen LogP contribution is 2.38. The molecule has 1 saturated heterocycles. The average molecular weight is 480 g/mol. The number of benzene rings is 2. The van der Waals surface area contributed by atoms with Gasteiger partial charge in [-0.3, -0.25) is 14.9 Å². The van der Waals surface area contributed by atoms with E-state index < -0.39 is 17.8 Å². The minimum atomic E-state index is -0.765. The van der Waals surface area contributed by atoms with Crippen LogP contribution in [0.1, 0.15) is 31.9 Å². The van der Waals surface area contributed by atoms with Gasteiger partial charge in [-0.15, -0.1) is 0 Å². The fraction of sp³-hybridized carbons (Fsp3) is 0.208. The van der Waals surface area contributed by atoms with Crippen LogP contribution in [0.5, 0.6) is 0 Å². The van der Waals surface area contributed by atoms with Gasteiger partial charge in [0.1, 0.15) is 5.57 Å². The predicted molar refractivity (Wildman–Crippen MR) is 126 cm³/mol. The number of fused-ring (bicyclic) bond motifs is 1. The molecule has 0 atom stereocenters. The number of nitrogens with zero attached hydrogens (tertiary/aromatic N) is 2. The van der Waals surface area contributed by atoms with E-state index in [-0.39, 0.29) is 11.1 Å². The molecule has 31 heavy (non-hydrogen) atoms. The largest absolute Gasteiger partial charge is 0.366 e. The van der Waals surface area contributed by atoms with E-state index in [1.54, 1.807) is 24.3 Å². The number of carbonyl (C=O) groups excluding carboxylic acids is 3. The first-order valence-electron chi connectivity index (χ1n) is 9.83. The van der Waals surface area contributed by atoms with E-state index in [1.165, 1.54) is 6.08 Å². The molecular formula is C24H22BrN3O3. The second-order valence-corrected chi connectivity index (χ2v) is 9.17. The fourth-order valence-corrected chi connectivity index (χ4v) is 4.33. The average Bonchev–Trinajstić information content (AvgIpc) is 2.69. The van der Waals surface area contributed by atoms with Gasteiger partial charge in [0.15, 0.2) is 0 Å². The lowest BCUT2D eigenvalue weighted by Gasteiger charge is -2.40. The lowest BCUT2D eigenvalue weighted by atomic mass is 9.88. The molecule has 7 heteroatoms. The molecule has 0 radical (unpaired) electrons. The van der Waals surface area contributed by atoms with Gasteiger partial charge in [0.2, 0.25) is 0 Å². The number of rotatable bonds is 2. The summed E-state index contributed by atoms with van der Waals surface area (Å²) in [5.74, 6) is -1.36. The van der Waals surface area contributed by atoms with Crippen molar-refractivity contribution in [3.05, 3.63) is 69.7 Å². The minimum Gasteiger partial charge on any atom is -0.366 e. The number of hydrogen-bond donors (Lipinski definition) is 1. The van der Waals surface area contributed by atoms with Gasteiger partial charge in [0, 0.05) is 22.8 Å². The smallest absolute Gasteiger partial charge is 0.335 e. The topological polar surface area (TPSA) is 69.7 Å². The van der Waals surface area contributed by atoms with Crippen LogP contribution in [0.2, 0.25) is 0 Å². The first-order valence-corrected chi connectivity index (χ1v) is 10.6. The monoisotopic (exact) mass is 479 g/mol. The van der Waals surface area contributed by atoms with Gasteiger partial charge < -0.3 is 4.90 Å². The van der Waals surface area contributed by atoms with Gasteiger partial charge in [0.25, 0.3) is 11.8 Å². The van der Waals surface area contributed by atoms with E-state index >= 15 is 0 Å². The third kappa shape index (κ3) is 3.70. The van der Waals surface area contributed by atoms with Gasteiger partial charge in [-0.2, -0.15) is 0 Å². The van der Waals surface area contributed by atoms with Crippen molar-refractivity contribution < 1.29 is 14.4 Å². The fourth-order valence-electron chi connectivity index (χ4n) is 3.94. The number of carbonyl (C=O) groups is 3. The number of amides is 4. The molecule has 2 heterocycles. The maximum Gasteiger partial charge on any atom is 0.335 e. The molecular weight excluding hydrogens is 458 g/mol. The van der Waals surface area contributed by atoms with E-state index in [2.05, 4.69) is 53.0 Å². The molecule has 0 aliphatic carbocycles. The molecule has 0 unspecified atom stereocenters. The summed E-state index contributed by atoms with van der Waals surface area (Å²) in [4.78, 5) is 41.1. The van der Waals surface area contributed by atoms with Gasteiger partial charge >= 0.3 is 6.03 Å². The standard InChI is InChI=1S/C24H22BrN3O3/c1-14-13-24(2,3)27(4)20-9-8-15(10-18(14)20)11-19-21(29)26-23(31)28(22(19)30)17-7-5-6-16(25)12-17/h5-13H,1-4H3,(H,26,29,31)/b19-11+. The van der Waals surface area contributed by atoms with Crippen molar-refractivity contribution in [2.75, 3.05) is 16.8 Å². The Balaban J connectivity index is 1.75. The molecule has 2 aliphatic rings. The zero-order chi connectivity index (χ0) is 22.5. The Bertz CT molecular complexity index is 1200. The van der Waals surface area contributed by atoms with Crippen LogP contribution >= 0.6 is 15.9 Å². The summed E-state index contributed by atoms with van der Waals surface area (Å²) in [6.45, 7) is 6.35. The highest BCUT2D eigenvalue weighted by molar-refractivity contribution is 9.10. The third-order valence-corrected chi connectivity index (χ3v) is 6.21. The second kappa shape index (κ2) is 7.50. The van der Waals surface area contributed by atoms with Gasteiger partial charge in [0.05, 0.1) is 11.2 Å². The summed E-state index contributed by atoms with van der Waals surface area (Å²) in [5, 5.41) is 2.26. The molecule has 1 fully saturated rings. The summed E-state index contributed by atoms with van der Waals surface area (Å²) < 4.78 is 0.719. The Hall–Kier alpha value is -3.19. The second-order valence-electron chi connectivity index (χ2n) is 8.25. The number of urea groups is 1. The molecule has 2 aromatic rings. The van der Waals surface area contributed by atoms with Crippen molar-refractivity contribution >= 4 is 56.8 Å². The molecule has 158 valence electrons. The zero-order valence-corrected chi connectivity index (χ0v) is 19.3. The predicted octanol–water partition coefficient (Wildman–Crippen LogP) is 4.75. The Morgan fingerprint density at radius 1 is 1.06 bits per heavy atom. The number of allylic oxidation sites excluding steroid dienone is 1. The van der Waals surface area contributed by atoms with Crippen LogP contribution in [0.4, 0.5) is 16.2 Å². The minimum absolute atomic E-state index is 0.0920. The summed E-state index contributed by atoms with van der Waals surface area (Å²) in [7, 11) is 2.04. The summed E-state index contributed by atoms with van der Waals surface area (Å²) >= 11 is 3.34. The van der Waals surface area contributed by atoms with E-state index in [0.29, 0.717) is 11.3 Å². The maximum atomic E-state index is 13.1. The van der Waals surface area contributed by atoms with Crippen LogP contribution in [0.3, 0.4) is 0 Å². The Labute approximate surface area is 189 Å². The van der Waals surface area contributed by atoms with E-state index in [0.717, 1.165) is 26.2 Å². The maximum absolute atomic E-state index is 13.1. The first-order chi connectivity index (χ1) is 14.6. The molecule has 4 amide bonds. The molecule has 0 saturated carbocycles. The van der Waals surface area contributed by atoms with Crippen LogP contribution in [0.25, 0.3) is 11.6 Å². The Morgan fingerprint density at radius 2 is 1.81 bits per heavy atom. The molecule has 1 N–H and O–H groups in total. The van der Waals surface area contributed by atoms with Crippen molar-refractivity contribution in [1.29, 1.82) is 0 Å². The van der Waals surface area contributed by atoms with E-state index in [4.69, 9.17) is 0 Å². The normalized spacial score (nSPS) is 19.3. The van der Waals surface area contributed by atoms with Crippen LogP contribution in [0, 0.1) is 0 Å². The van der Waals surface area contributed by atoms with E-state index in [1.807, 2.05) is 25.2 Å². The van der Waals surface area contributed by atoms with Gasteiger partial charge in [-0.05, 0) is 68.3 Å². The molecule has 2 aromatic carbocycles. The third-order valence-electron chi connectivity index (χ3n) is 5.72. The quantitative estimate of drug-likeness (QED) is 0.498. The first kappa shape index (κ1) is 21.1. The number of halogens is 1. The van der Waals surface area contributed by atoms with Crippen molar-refractivity contribution in [3.8, 4) is 0 Å². The van der Waals surface area contributed by atoms with Crippen LogP contribution in [-0.4, -0.2) is 30.4 Å². The molecule has 0 aromatic heterocycles. The highest BCUT2D eigenvalue weighted by atomic mass is 79.9. The molecule has 2 aliphatic heterocycles. The zero-order valence-electron chi connectivity index (χ0n) is 17.7. The summed E-state index contributed by atoms with van der Waals surface area (Å²) in [6, 6.07) is 11.9. The number of anilines is 2. The molecule has 0 bridgehead atoms. The van der Waals surface area contributed by atoms with Crippen LogP contribution in [0.15, 0.2) is 58.6 Å². The lowest BCUT2D eigenvalue weighted by molar-refractivity contribution is -0.122. The number of hydrogen-bond acceptors (Lipinski definition) is 4. The Kier molecular flexibility index (Phi) is 5.09. The summed E-state index contributed by atoms with van der Waals surface area (Å²) in [6.07, 6.45) is 3.72. The number of imide groups is 2. The summed E-state index contributed by atoms with van der Waals surface area (Å²) in [5.41, 5.74) is 4.14. The van der Waals surface area contributed by atoms with Crippen LogP contribution < -0.4 is 15.1 Å². The van der Waals surface area contributed by atoms with Crippen molar-refractivity contribution in [2.45, 2.75) is 26.3 Å². The SMILES string of the molecule is CC1=CC(C)(C)N(C)c2ccc(/C=C3\C(=O)NC(=O)N(c4cccc(Br)c4)C3=O)cc21. The van der Waals surface area contributed by atoms with Crippen LogP contribution in [-0.2, 0) is 9.59 Å². The van der Waals surface area contributed by atoms with Gasteiger partial charge in [-0.25, -0.2) is 9.69 Å². The highest BCUT2D eigenvalue weighted by Gasteiger charge is 2.37. The Morgan fingerprint density at radius 3 is 2.52 bits per heavy atom. The van der Waals surface area contributed by atoms with Crippen molar-refractivity contribution in [1.82, 2.24) is 5.32 Å². The number of barbiturate groups is 1. The molecule has 0 spiro atoms. The van der Waals surface area contributed by atoms with E-state index in [9.17, 15) is 14.4 Å². The van der Waals surface area contributed by atoms with Crippen molar-refractivity contribution in [2.24, 2.45) is 0 Å². The van der Waals surface area contributed by atoms with Crippen molar-refractivity contribution in [3.63, 3.8) is 0 Å².